The Morgan fingerprint density at radius 1 is 1.15 bits per heavy atom. The predicted octanol–water partition coefficient (Wildman–Crippen LogP) is 3.99. The number of aromatic nitrogens is 1. The highest BCUT2D eigenvalue weighted by molar-refractivity contribution is 6.36. The van der Waals surface area contributed by atoms with E-state index in [9.17, 15) is 0 Å². The molecule has 0 saturated heterocycles. The molecule has 0 aliphatic heterocycles. The second-order valence-electron chi connectivity index (χ2n) is 5.28. The molecule has 1 aromatic carbocycles. The van der Waals surface area contributed by atoms with Gasteiger partial charge in [-0.3, -0.25) is 4.98 Å². The number of nitrogens with zero attached hydrogens (tertiary/aromatic N) is 1. The van der Waals surface area contributed by atoms with Crippen LogP contribution in [0.4, 0.5) is 5.69 Å². The summed E-state index contributed by atoms with van der Waals surface area (Å²) in [7, 11) is 0. The van der Waals surface area contributed by atoms with E-state index in [4.69, 9.17) is 17.3 Å². The lowest BCUT2D eigenvalue weighted by molar-refractivity contribution is 0.411. The molecule has 2 aromatic rings. The third kappa shape index (κ3) is 3.17. The molecule has 3 rings (SSSR count). The Bertz CT molecular complexity index is 575. The summed E-state index contributed by atoms with van der Waals surface area (Å²) in [5.74, 6) is 0. The molecule has 1 heterocycles. The Morgan fingerprint density at radius 3 is 2.65 bits per heavy atom. The zero-order valence-electron chi connectivity index (χ0n) is 11.2. The average molecular weight is 312 g/mol. The van der Waals surface area contributed by atoms with Gasteiger partial charge in [0.25, 0.3) is 0 Å². The average Bonchev–Trinajstić information content (AvgIpc) is 2.42. The van der Waals surface area contributed by atoms with Gasteiger partial charge in [-0.05, 0) is 31.7 Å². The van der Waals surface area contributed by atoms with E-state index in [-0.39, 0.29) is 12.4 Å². The molecule has 1 saturated carbocycles. The van der Waals surface area contributed by atoms with Crippen LogP contribution in [0.1, 0.15) is 25.7 Å². The topological polar surface area (TPSA) is 50.9 Å². The van der Waals surface area contributed by atoms with Gasteiger partial charge < -0.3 is 11.1 Å². The molecule has 108 valence electrons. The molecular formula is C15H19Cl2N3. The number of halogens is 2. The van der Waals surface area contributed by atoms with Gasteiger partial charge in [0.15, 0.2) is 0 Å². The van der Waals surface area contributed by atoms with Gasteiger partial charge in [-0.25, -0.2) is 0 Å². The maximum Gasteiger partial charge on any atom is 0.0688 e. The second-order valence-corrected chi connectivity index (χ2v) is 5.69. The van der Waals surface area contributed by atoms with Gasteiger partial charge in [0, 0.05) is 40.9 Å². The summed E-state index contributed by atoms with van der Waals surface area (Å²) in [6, 6.07) is 7.03. The number of benzene rings is 1. The predicted molar refractivity (Wildman–Crippen MR) is 87.9 cm³/mol. The highest BCUT2D eigenvalue weighted by Gasteiger charge is 2.19. The van der Waals surface area contributed by atoms with Crippen LogP contribution in [0.5, 0.6) is 0 Å². The molecule has 0 unspecified atom stereocenters. The zero-order valence-corrected chi connectivity index (χ0v) is 12.8. The lowest BCUT2D eigenvalue weighted by atomic mass is 9.91. The Kier molecular flexibility index (Phi) is 5.08. The number of anilines is 1. The molecule has 0 atom stereocenters. The number of hydrogen-bond acceptors (Lipinski definition) is 3. The molecule has 0 radical (unpaired) electrons. The van der Waals surface area contributed by atoms with Crippen LogP contribution in [0, 0.1) is 0 Å². The van der Waals surface area contributed by atoms with E-state index in [1.807, 2.05) is 18.3 Å². The van der Waals surface area contributed by atoms with Crippen molar-refractivity contribution in [2.24, 2.45) is 5.73 Å². The Hall–Kier alpha value is -1.03. The van der Waals surface area contributed by atoms with Crippen LogP contribution < -0.4 is 11.1 Å². The fraction of sp³-hybridized carbons (Fsp3) is 0.400. The van der Waals surface area contributed by atoms with Crippen molar-refractivity contribution < 1.29 is 0 Å². The van der Waals surface area contributed by atoms with E-state index in [1.54, 1.807) is 6.20 Å². The van der Waals surface area contributed by atoms with Gasteiger partial charge in [0.05, 0.1) is 5.02 Å². The number of nitrogens with two attached hydrogens (primary N) is 1. The van der Waals surface area contributed by atoms with E-state index in [1.165, 1.54) is 0 Å². The summed E-state index contributed by atoms with van der Waals surface area (Å²) < 4.78 is 0. The fourth-order valence-electron chi connectivity index (χ4n) is 2.80. The SMILES string of the molecule is Cl.NC1CCC(Nc2cccc3cncc(Cl)c23)CC1. The molecule has 5 heteroatoms. The van der Waals surface area contributed by atoms with Gasteiger partial charge in [-0.1, -0.05) is 23.7 Å². The number of nitrogens with one attached hydrogen (secondary N) is 1. The third-order valence-electron chi connectivity index (χ3n) is 3.87. The first-order valence-corrected chi connectivity index (χ1v) is 7.16. The summed E-state index contributed by atoms with van der Waals surface area (Å²) in [4.78, 5) is 4.13. The summed E-state index contributed by atoms with van der Waals surface area (Å²) in [6.07, 6.45) is 7.99. The highest BCUT2D eigenvalue weighted by Crippen LogP contribution is 2.31. The lowest BCUT2D eigenvalue weighted by Crippen LogP contribution is -2.32. The first-order chi connectivity index (χ1) is 9.24. The van der Waals surface area contributed by atoms with Gasteiger partial charge in [-0.2, -0.15) is 0 Å². The number of hydrogen-bond donors (Lipinski definition) is 2. The molecule has 0 amide bonds. The fourth-order valence-corrected chi connectivity index (χ4v) is 3.06. The van der Waals surface area contributed by atoms with Crippen LogP contribution in [0.3, 0.4) is 0 Å². The number of fused-ring (bicyclic) bond motifs is 1. The molecule has 20 heavy (non-hydrogen) atoms. The largest absolute Gasteiger partial charge is 0.382 e. The van der Waals surface area contributed by atoms with Crippen LogP contribution in [0.25, 0.3) is 10.8 Å². The highest BCUT2D eigenvalue weighted by atomic mass is 35.5. The molecule has 0 bridgehead atoms. The third-order valence-corrected chi connectivity index (χ3v) is 4.16. The van der Waals surface area contributed by atoms with Crippen molar-refractivity contribution in [3.05, 3.63) is 35.6 Å². The van der Waals surface area contributed by atoms with Crippen LogP contribution in [0.2, 0.25) is 5.02 Å². The Morgan fingerprint density at radius 2 is 1.90 bits per heavy atom. The number of rotatable bonds is 2. The number of pyridine rings is 1. The van der Waals surface area contributed by atoms with E-state index in [0.29, 0.717) is 17.1 Å². The normalized spacial score (nSPS) is 22.3. The van der Waals surface area contributed by atoms with Crippen LogP contribution in [0.15, 0.2) is 30.6 Å². The molecule has 1 fully saturated rings. The van der Waals surface area contributed by atoms with Crippen LogP contribution in [-0.2, 0) is 0 Å². The first-order valence-electron chi connectivity index (χ1n) is 6.78. The van der Waals surface area contributed by atoms with Gasteiger partial charge in [-0.15, -0.1) is 12.4 Å². The van der Waals surface area contributed by atoms with Crippen LogP contribution >= 0.6 is 24.0 Å². The minimum absolute atomic E-state index is 0. The van der Waals surface area contributed by atoms with E-state index >= 15 is 0 Å². The quantitative estimate of drug-likeness (QED) is 0.881. The molecule has 1 aliphatic rings. The Balaban J connectivity index is 0.00000147. The monoisotopic (exact) mass is 311 g/mol. The van der Waals surface area contributed by atoms with Crippen molar-refractivity contribution in [1.29, 1.82) is 0 Å². The summed E-state index contributed by atoms with van der Waals surface area (Å²) in [6.45, 7) is 0. The minimum Gasteiger partial charge on any atom is -0.382 e. The van der Waals surface area contributed by atoms with E-state index in [2.05, 4.69) is 16.4 Å². The van der Waals surface area contributed by atoms with Crippen molar-refractivity contribution in [2.45, 2.75) is 37.8 Å². The van der Waals surface area contributed by atoms with E-state index < -0.39 is 0 Å². The maximum absolute atomic E-state index is 6.28. The van der Waals surface area contributed by atoms with Gasteiger partial charge in [0.2, 0.25) is 0 Å². The smallest absolute Gasteiger partial charge is 0.0688 e. The minimum atomic E-state index is 0. The molecule has 3 N–H and O–H groups in total. The molecule has 3 nitrogen and oxygen atoms in total. The van der Waals surface area contributed by atoms with E-state index in [0.717, 1.165) is 42.1 Å². The molecular weight excluding hydrogens is 293 g/mol. The van der Waals surface area contributed by atoms with Crippen molar-refractivity contribution in [3.8, 4) is 0 Å². The summed E-state index contributed by atoms with van der Waals surface area (Å²) >= 11 is 6.28. The lowest BCUT2D eigenvalue weighted by Gasteiger charge is -2.28. The standard InChI is InChI=1S/C15H18ClN3.ClH/c16-13-9-18-8-10-2-1-3-14(15(10)13)19-12-6-4-11(17)5-7-12;/h1-3,8-9,11-12,19H,4-7,17H2;1H. The van der Waals surface area contributed by atoms with Crippen molar-refractivity contribution in [1.82, 2.24) is 4.98 Å². The molecule has 0 spiro atoms. The first kappa shape index (κ1) is 15.4. The second kappa shape index (κ2) is 6.61. The molecule has 1 aromatic heterocycles. The zero-order chi connectivity index (χ0) is 13.2. The van der Waals surface area contributed by atoms with Crippen molar-refractivity contribution in [3.63, 3.8) is 0 Å². The van der Waals surface area contributed by atoms with Crippen molar-refractivity contribution in [2.75, 3.05) is 5.32 Å². The van der Waals surface area contributed by atoms with Crippen LogP contribution in [-0.4, -0.2) is 17.1 Å². The van der Waals surface area contributed by atoms with Gasteiger partial charge in [0.1, 0.15) is 0 Å². The molecule has 1 aliphatic carbocycles. The Labute approximate surface area is 130 Å². The van der Waals surface area contributed by atoms with Gasteiger partial charge >= 0.3 is 0 Å². The summed E-state index contributed by atoms with van der Waals surface area (Å²) in [5, 5.41) is 6.46. The summed E-state index contributed by atoms with van der Waals surface area (Å²) in [5.41, 5.74) is 7.05. The van der Waals surface area contributed by atoms with Crippen molar-refractivity contribution >= 4 is 40.5 Å². The maximum atomic E-state index is 6.28.